The first-order valence-corrected chi connectivity index (χ1v) is 8.84. The summed E-state index contributed by atoms with van der Waals surface area (Å²) in [6.07, 6.45) is 3.75. The van der Waals surface area contributed by atoms with Crippen LogP contribution in [-0.4, -0.2) is 51.9 Å². The van der Waals surface area contributed by atoms with E-state index in [1.54, 1.807) is 6.20 Å². The number of aromatic nitrogens is 2. The van der Waals surface area contributed by atoms with E-state index in [2.05, 4.69) is 15.6 Å². The van der Waals surface area contributed by atoms with Gasteiger partial charge in [-0.2, -0.15) is 0 Å². The van der Waals surface area contributed by atoms with Crippen LogP contribution in [0.5, 0.6) is 0 Å². The number of carbonyl (C=O) groups excluding carboxylic acids is 2. The highest BCUT2D eigenvalue weighted by atomic mass is 16.3. The maximum absolute atomic E-state index is 12.3. The lowest BCUT2D eigenvalue weighted by atomic mass is 10.1. The van der Waals surface area contributed by atoms with Crippen LogP contribution in [0.4, 0.5) is 0 Å². The lowest BCUT2D eigenvalue weighted by molar-refractivity contribution is -0.134. The van der Waals surface area contributed by atoms with Gasteiger partial charge in [0.2, 0.25) is 11.8 Å². The van der Waals surface area contributed by atoms with E-state index in [4.69, 9.17) is 4.42 Å². The number of nitrogens with zero attached hydrogens (tertiary/aromatic N) is 3. The highest BCUT2D eigenvalue weighted by Crippen LogP contribution is 2.15. The third-order valence-electron chi connectivity index (χ3n) is 4.57. The molecule has 8 heteroatoms. The van der Waals surface area contributed by atoms with Gasteiger partial charge in [-0.15, -0.1) is 0 Å². The first-order chi connectivity index (χ1) is 12.5. The number of piperazine rings is 1. The van der Waals surface area contributed by atoms with Gasteiger partial charge in [0.1, 0.15) is 17.3 Å². The van der Waals surface area contributed by atoms with Gasteiger partial charge in [-0.1, -0.05) is 0 Å². The Balaban J connectivity index is 1.53. The second-order valence-corrected chi connectivity index (χ2v) is 6.51. The van der Waals surface area contributed by atoms with Crippen LogP contribution in [0.2, 0.25) is 0 Å². The highest BCUT2D eigenvalue weighted by Gasteiger charge is 2.32. The Morgan fingerprint density at radius 2 is 2.27 bits per heavy atom. The standard InChI is InChI=1S/C18H25N5O3/c1-13-3-4-15(26-13)12-23-10-7-21-18(25)16(23)11-17(24)20-6-9-22-8-5-19-14(22)2/h3-5,8,16H,6-7,9-12H2,1-2H3,(H,20,24)(H,21,25). The van der Waals surface area contributed by atoms with Crippen LogP contribution >= 0.6 is 0 Å². The van der Waals surface area contributed by atoms with E-state index in [9.17, 15) is 9.59 Å². The number of amides is 2. The third kappa shape index (κ3) is 4.51. The molecular weight excluding hydrogens is 334 g/mol. The Kier molecular flexibility index (Phi) is 5.72. The van der Waals surface area contributed by atoms with E-state index >= 15 is 0 Å². The zero-order valence-electron chi connectivity index (χ0n) is 15.2. The SMILES string of the molecule is Cc1ccc(CN2CCNC(=O)C2CC(=O)NCCn2ccnc2C)o1. The molecule has 0 aromatic carbocycles. The minimum absolute atomic E-state index is 0.111. The summed E-state index contributed by atoms with van der Waals surface area (Å²) < 4.78 is 7.58. The zero-order chi connectivity index (χ0) is 18.5. The fourth-order valence-corrected chi connectivity index (χ4v) is 3.15. The predicted octanol–water partition coefficient (Wildman–Crippen LogP) is 0.600. The summed E-state index contributed by atoms with van der Waals surface area (Å²) in [6.45, 7) is 6.76. The molecule has 1 saturated heterocycles. The van der Waals surface area contributed by atoms with E-state index in [-0.39, 0.29) is 18.2 Å². The summed E-state index contributed by atoms with van der Waals surface area (Å²) in [7, 11) is 0. The normalized spacial score (nSPS) is 17.9. The number of imidazole rings is 1. The molecule has 1 aliphatic rings. The van der Waals surface area contributed by atoms with Crippen molar-refractivity contribution >= 4 is 11.8 Å². The first-order valence-electron chi connectivity index (χ1n) is 8.84. The minimum atomic E-state index is -0.482. The van der Waals surface area contributed by atoms with Gasteiger partial charge in [0, 0.05) is 38.6 Å². The molecule has 3 heterocycles. The van der Waals surface area contributed by atoms with Crippen molar-refractivity contribution in [3.63, 3.8) is 0 Å². The fourth-order valence-electron chi connectivity index (χ4n) is 3.15. The van der Waals surface area contributed by atoms with Gasteiger partial charge in [0.15, 0.2) is 0 Å². The van der Waals surface area contributed by atoms with Crippen molar-refractivity contribution in [1.29, 1.82) is 0 Å². The van der Waals surface area contributed by atoms with E-state index in [0.29, 0.717) is 32.7 Å². The number of furan rings is 1. The van der Waals surface area contributed by atoms with Crippen molar-refractivity contribution in [2.24, 2.45) is 0 Å². The monoisotopic (exact) mass is 359 g/mol. The van der Waals surface area contributed by atoms with Gasteiger partial charge in [-0.3, -0.25) is 14.5 Å². The Bertz CT molecular complexity index is 766. The number of hydrogen-bond acceptors (Lipinski definition) is 5. The lowest BCUT2D eigenvalue weighted by Gasteiger charge is -2.34. The van der Waals surface area contributed by atoms with E-state index in [1.165, 1.54) is 0 Å². The quantitative estimate of drug-likeness (QED) is 0.755. The molecule has 1 atom stereocenters. The molecule has 2 aromatic rings. The van der Waals surface area contributed by atoms with Gasteiger partial charge in [-0.25, -0.2) is 4.98 Å². The Labute approximate surface area is 152 Å². The molecule has 1 fully saturated rings. The zero-order valence-corrected chi connectivity index (χ0v) is 15.2. The van der Waals surface area contributed by atoms with E-state index < -0.39 is 6.04 Å². The van der Waals surface area contributed by atoms with Gasteiger partial charge in [0.25, 0.3) is 0 Å². The van der Waals surface area contributed by atoms with Crippen molar-refractivity contribution in [1.82, 2.24) is 25.1 Å². The smallest absolute Gasteiger partial charge is 0.237 e. The molecule has 2 N–H and O–H groups in total. The van der Waals surface area contributed by atoms with Crippen LogP contribution in [0.3, 0.4) is 0 Å². The average Bonchev–Trinajstić information content (AvgIpc) is 3.19. The second kappa shape index (κ2) is 8.18. The summed E-state index contributed by atoms with van der Waals surface area (Å²) in [4.78, 5) is 30.7. The number of carbonyl (C=O) groups is 2. The second-order valence-electron chi connectivity index (χ2n) is 6.51. The van der Waals surface area contributed by atoms with Gasteiger partial charge < -0.3 is 19.6 Å². The number of rotatable bonds is 7. The summed E-state index contributed by atoms with van der Waals surface area (Å²) in [5.74, 6) is 2.31. The molecule has 140 valence electrons. The topological polar surface area (TPSA) is 92.4 Å². The molecule has 0 aliphatic carbocycles. The minimum Gasteiger partial charge on any atom is -0.465 e. The Morgan fingerprint density at radius 3 is 2.96 bits per heavy atom. The summed E-state index contributed by atoms with van der Waals surface area (Å²) in [5, 5.41) is 5.73. The van der Waals surface area contributed by atoms with E-state index in [1.807, 2.05) is 41.6 Å². The molecule has 8 nitrogen and oxygen atoms in total. The number of hydrogen-bond donors (Lipinski definition) is 2. The number of nitrogens with one attached hydrogen (secondary N) is 2. The molecule has 2 aromatic heterocycles. The van der Waals surface area contributed by atoms with Crippen LogP contribution in [0, 0.1) is 13.8 Å². The van der Waals surface area contributed by atoms with Crippen molar-refractivity contribution in [3.05, 3.63) is 41.9 Å². The fraction of sp³-hybridized carbons (Fsp3) is 0.500. The predicted molar refractivity (Wildman–Crippen MR) is 95.2 cm³/mol. The van der Waals surface area contributed by atoms with E-state index in [0.717, 1.165) is 17.3 Å². The van der Waals surface area contributed by atoms with Crippen molar-refractivity contribution in [2.75, 3.05) is 19.6 Å². The molecule has 2 amide bonds. The van der Waals surface area contributed by atoms with Crippen LogP contribution in [0.1, 0.15) is 23.8 Å². The molecule has 1 aliphatic heterocycles. The Morgan fingerprint density at radius 1 is 1.42 bits per heavy atom. The van der Waals surface area contributed by atoms with Crippen LogP contribution in [-0.2, 0) is 22.7 Å². The Hall–Kier alpha value is -2.61. The van der Waals surface area contributed by atoms with Gasteiger partial charge in [-0.05, 0) is 26.0 Å². The van der Waals surface area contributed by atoms with Gasteiger partial charge in [0.05, 0.1) is 19.0 Å². The van der Waals surface area contributed by atoms with Crippen LogP contribution < -0.4 is 10.6 Å². The molecule has 3 rings (SSSR count). The molecule has 0 bridgehead atoms. The lowest BCUT2D eigenvalue weighted by Crippen LogP contribution is -2.56. The third-order valence-corrected chi connectivity index (χ3v) is 4.57. The maximum Gasteiger partial charge on any atom is 0.237 e. The van der Waals surface area contributed by atoms with Crippen LogP contribution in [0.15, 0.2) is 28.9 Å². The average molecular weight is 359 g/mol. The molecule has 0 radical (unpaired) electrons. The summed E-state index contributed by atoms with van der Waals surface area (Å²) in [6, 6.07) is 3.33. The van der Waals surface area contributed by atoms with Crippen molar-refractivity contribution < 1.29 is 14.0 Å². The molecule has 0 saturated carbocycles. The summed E-state index contributed by atoms with van der Waals surface area (Å²) >= 11 is 0. The molecule has 26 heavy (non-hydrogen) atoms. The van der Waals surface area contributed by atoms with Crippen molar-refractivity contribution in [3.8, 4) is 0 Å². The first kappa shape index (κ1) is 18.2. The van der Waals surface area contributed by atoms with Crippen molar-refractivity contribution in [2.45, 2.75) is 39.4 Å². The van der Waals surface area contributed by atoms with Crippen LogP contribution in [0.25, 0.3) is 0 Å². The summed E-state index contributed by atoms with van der Waals surface area (Å²) in [5.41, 5.74) is 0. The highest BCUT2D eigenvalue weighted by molar-refractivity contribution is 5.88. The number of aryl methyl sites for hydroxylation is 2. The molecular formula is C18H25N5O3. The van der Waals surface area contributed by atoms with Gasteiger partial charge >= 0.3 is 0 Å². The maximum atomic E-state index is 12.3. The molecule has 0 spiro atoms. The molecule has 1 unspecified atom stereocenters. The largest absolute Gasteiger partial charge is 0.465 e.